The van der Waals surface area contributed by atoms with Gasteiger partial charge >= 0.3 is 0 Å². The summed E-state index contributed by atoms with van der Waals surface area (Å²) in [6.45, 7) is 0. The van der Waals surface area contributed by atoms with Crippen molar-refractivity contribution in [3.05, 3.63) is 58.9 Å². The molecule has 1 aromatic carbocycles. The second-order valence-corrected chi connectivity index (χ2v) is 5.39. The van der Waals surface area contributed by atoms with Crippen LogP contribution in [0.2, 0.25) is 0 Å². The first-order valence-electron chi connectivity index (χ1n) is 6.11. The van der Waals surface area contributed by atoms with Crippen LogP contribution in [0.15, 0.2) is 41.9 Å². The number of nitrogens with zero attached hydrogens (tertiary/aromatic N) is 1. The molecular formula is C15H13FN2OS. The third-order valence-electron chi connectivity index (χ3n) is 3.23. The molecule has 5 heteroatoms. The maximum Gasteiger partial charge on any atom is 0.132 e. The zero-order chi connectivity index (χ0) is 14.1. The van der Waals surface area contributed by atoms with E-state index in [0.29, 0.717) is 11.3 Å². The van der Waals surface area contributed by atoms with Crippen molar-refractivity contribution in [3.63, 3.8) is 0 Å². The van der Waals surface area contributed by atoms with Gasteiger partial charge in [-0.25, -0.2) is 4.39 Å². The molecule has 2 N–H and O–H groups in total. The monoisotopic (exact) mass is 288 g/mol. The molecule has 1 atom stereocenters. The van der Waals surface area contributed by atoms with Crippen molar-refractivity contribution in [2.45, 2.75) is 6.04 Å². The Hall–Kier alpha value is -1.98. The van der Waals surface area contributed by atoms with E-state index in [1.807, 2.05) is 17.5 Å². The molecule has 20 heavy (non-hydrogen) atoms. The highest BCUT2D eigenvalue weighted by Crippen LogP contribution is 2.28. The van der Waals surface area contributed by atoms with Crippen LogP contribution >= 0.6 is 11.3 Å². The number of benzene rings is 1. The van der Waals surface area contributed by atoms with Crippen molar-refractivity contribution >= 4 is 21.6 Å². The lowest BCUT2D eigenvalue weighted by molar-refractivity contribution is 0.410. The number of thiophene rings is 1. The number of rotatable bonds is 3. The summed E-state index contributed by atoms with van der Waals surface area (Å²) in [4.78, 5) is 4.33. The second-order valence-electron chi connectivity index (χ2n) is 4.44. The summed E-state index contributed by atoms with van der Waals surface area (Å²) in [5.41, 5.74) is 8.31. The van der Waals surface area contributed by atoms with E-state index < -0.39 is 6.04 Å². The Labute approximate surface area is 119 Å². The topological polar surface area (TPSA) is 48.1 Å². The molecule has 0 bridgehead atoms. The summed E-state index contributed by atoms with van der Waals surface area (Å²) >= 11 is 1.59. The fourth-order valence-corrected chi connectivity index (χ4v) is 2.89. The molecule has 0 aliphatic heterocycles. The molecule has 102 valence electrons. The summed E-state index contributed by atoms with van der Waals surface area (Å²) < 4.78 is 20.1. The van der Waals surface area contributed by atoms with Gasteiger partial charge in [0, 0.05) is 17.8 Å². The molecular weight excluding hydrogens is 275 g/mol. The number of ether oxygens (including phenoxy) is 1. The smallest absolute Gasteiger partial charge is 0.132 e. The Balaban J connectivity index is 2.00. The number of methoxy groups -OCH3 is 1. The average Bonchev–Trinajstić information content (AvgIpc) is 2.93. The van der Waals surface area contributed by atoms with E-state index in [1.54, 1.807) is 29.7 Å². The zero-order valence-corrected chi connectivity index (χ0v) is 11.7. The standard InChI is InChI=1S/C15H13FN2OS/c1-19-10-2-3-11(12(16)7-10)15(17)9-6-14-13(18-8-9)4-5-20-14/h2-8,15H,17H2,1H3. The molecule has 2 heterocycles. The van der Waals surface area contributed by atoms with Gasteiger partial charge in [0.05, 0.1) is 23.4 Å². The Kier molecular flexibility index (Phi) is 3.38. The normalized spacial score (nSPS) is 12.6. The van der Waals surface area contributed by atoms with Gasteiger partial charge in [-0.1, -0.05) is 6.07 Å². The van der Waals surface area contributed by atoms with E-state index in [-0.39, 0.29) is 5.82 Å². The van der Waals surface area contributed by atoms with Crippen LogP contribution in [0.5, 0.6) is 5.75 Å². The quantitative estimate of drug-likeness (QED) is 0.802. The van der Waals surface area contributed by atoms with Crippen LogP contribution < -0.4 is 10.5 Å². The molecule has 0 spiro atoms. The number of hydrogen-bond donors (Lipinski definition) is 1. The van der Waals surface area contributed by atoms with E-state index in [0.717, 1.165) is 15.8 Å². The number of nitrogens with two attached hydrogens (primary N) is 1. The Morgan fingerprint density at radius 1 is 1.30 bits per heavy atom. The predicted molar refractivity (Wildman–Crippen MR) is 78.6 cm³/mol. The molecule has 0 aliphatic rings. The highest BCUT2D eigenvalue weighted by atomic mass is 32.1. The minimum atomic E-state index is -0.542. The van der Waals surface area contributed by atoms with E-state index in [4.69, 9.17) is 10.5 Å². The lowest BCUT2D eigenvalue weighted by atomic mass is 10.0. The lowest BCUT2D eigenvalue weighted by Crippen LogP contribution is -2.13. The third-order valence-corrected chi connectivity index (χ3v) is 4.08. The maximum atomic E-state index is 14.0. The molecule has 0 saturated carbocycles. The fourth-order valence-electron chi connectivity index (χ4n) is 2.10. The van der Waals surface area contributed by atoms with Gasteiger partial charge in [-0.2, -0.15) is 0 Å². The highest BCUT2D eigenvalue weighted by Gasteiger charge is 2.15. The van der Waals surface area contributed by atoms with Crippen molar-refractivity contribution in [1.29, 1.82) is 0 Å². The van der Waals surface area contributed by atoms with Gasteiger partial charge < -0.3 is 10.5 Å². The van der Waals surface area contributed by atoms with E-state index in [2.05, 4.69) is 4.98 Å². The average molecular weight is 288 g/mol. The number of fused-ring (bicyclic) bond motifs is 1. The molecule has 0 fully saturated rings. The molecule has 1 unspecified atom stereocenters. The van der Waals surface area contributed by atoms with Crippen molar-refractivity contribution in [2.24, 2.45) is 5.73 Å². The molecule has 2 aromatic heterocycles. The maximum absolute atomic E-state index is 14.0. The van der Waals surface area contributed by atoms with Gasteiger partial charge in [0.15, 0.2) is 0 Å². The molecule has 3 rings (SSSR count). The van der Waals surface area contributed by atoms with Crippen LogP contribution in [0.3, 0.4) is 0 Å². The van der Waals surface area contributed by atoms with Crippen LogP contribution in [-0.4, -0.2) is 12.1 Å². The number of pyridine rings is 1. The fraction of sp³-hybridized carbons (Fsp3) is 0.133. The van der Waals surface area contributed by atoms with Crippen LogP contribution in [-0.2, 0) is 0 Å². The first-order chi connectivity index (χ1) is 9.69. The lowest BCUT2D eigenvalue weighted by Gasteiger charge is -2.14. The molecule has 0 saturated heterocycles. The Morgan fingerprint density at radius 3 is 2.90 bits per heavy atom. The van der Waals surface area contributed by atoms with Crippen LogP contribution in [0.4, 0.5) is 4.39 Å². The summed E-state index contributed by atoms with van der Waals surface area (Å²) in [5, 5.41) is 1.97. The molecule has 0 aliphatic carbocycles. The van der Waals surface area contributed by atoms with E-state index in [1.165, 1.54) is 13.2 Å². The van der Waals surface area contributed by atoms with Gasteiger partial charge in [0.1, 0.15) is 11.6 Å². The molecule has 0 radical (unpaired) electrons. The highest BCUT2D eigenvalue weighted by molar-refractivity contribution is 7.17. The minimum absolute atomic E-state index is 0.372. The number of halogens is 1. The van der Waals surface area contributed by atoms with Crippen LogP contribution in [0, 0.1) is 5.82 Å². The van der Waals surface area contributed by atoms with Gasteiger partial charge in [0.2, 0.25) is 0 Å². The zero-order valence-electron chi connectivity index (χ0n) is 10.8. The number of hydrogen-bond acceptors (Lipinski definition) is 4. The summed E-state index contributed by atoms with van der Waals surface area (Å²) in [5.74, 6) is 0.105. The molecule has 0 amide bonds. The predicted octanol–water partition coefficient (Wildman–Crippen LogP) is 3.49. The van der Waals surface area contributed by atoms with Crippen molar-refractivity contribution in [2.75, 3.05) is 7.11 Å². The molecule has 3 aromatic rings. The second kappa shape index (κ2) is 5.19. The van der Waals surface area contributed by atoms with E-state index in [9.17, 15) is 4.39 Å². The van der Waals surface area contributed by atoms with Crippen molar-refractivity contribution in [3.8, 4) is 5.75 Å². The van der Waals surface area contributed by atoms with Gasteiger partial charge in [-0.05, 0) is 29.1 Å². The van der Waals surface area contributed by atoms with Crippen molar-refractivity contribution in [1.82, 2.24) is 4.98 Å². The Morgan fingerprint density at radius 2 is 2.15 bits per heavy atom. The largest absolute Gasteiger partial charge is 0.497 e. The summed E-state index contributed by atoms with van der Waals surface area (Å²) in [7, 11) is 1.50. The first-order valence-corrected chi connectivity index (χ1v) is 6.99. The van der Waals surface area contributed by atoms with Gasteiger partial charge in [-0.15, -0.1) is 11.3 Å². The number of aromatic nitrogens is 1. The molecule has 3 nitrogen and oxygen atoms in total. The van der Waals surface area contributed by atoms with Crippen molar-refractivity contribution < 1.29 is 9.13 Å². The van der Waals surface area contributed by atoms with Crippen LogP contribution in [0.1, 0.15) is 17.2 Å². The van der Waals surface area contributed by atoms with E-state index >= 15 is 0 Å². The first kappa shape index (κ1) is 13.0. The SMILES string of the molecule is COc1ccc(C(N)c2cnc3ccsc3c2)c(F)c1. The van der Waals surface area contributed by atoms with Crippen LogP contribution in [0.25, 0.3) is 10.2 Å². The van der Waals surface area contributed by atoms with Gasteiger partial charge in [-0.3, -0.25) is 4.98 Å². The summed E-state index contributed by atoms with van der Waals surface area (Å²) in [6, 6.07) is 8.06. The minimum Gasteiger partial charge on any atom is -0.497 e. The van der Waals surface area contributed by atoms with Gasteiger partial charge in [0.25, 0.3) is 0 Å². The third kappa shape index (κ3) is 2.26. The summed E-state index contributed by atoms with van der Waals surface area (Å²) in [6.07, 6.45) is 1.70. The Bertz CT molecular complexity index is 756.